The van der Waals surface area contributed by atoms with Crippen LogP contribution in [0.15, 0.2) is 22.7 Å². The second-order valence-electron chi connectivity index (χ2n) is 4.86. The van der Waals surface area contributed by atoms with Crippen molar-refractivity contribution in [3.05, 3.63) is 38.3 Å². The second kappa shape index (κ2) is 6.45. The SMILES string of the molecule is NC1CCC(OCc2cccc([N+](=O)[O-])c2Br)CC1. The molecule has 1 aromatic carbocycles. The van der Waals surface area contributed by atoms with E-state index < -0.39 is 4.92 Å². The largest absolute Gasteiger partial charge is 0.373 e. The van der Waals surface area contributed by atoms with Gasteiger partial charge in [0.25, 0.3) is 5.69 Å². The number of ether oxygens (including phenoxy) is 1. The molecule has 0 aromatic heterocycles. The molecule has 2 rings (SSSR count). The van der Waals surface area contributed by atoms with Crippen LogP contribution in [0.2, 0.25) is 0 Å². The summed E-state index contributed by atoms with van der Waals surface area (Å²) in [5, 5.41) is 10.8. The molecule has 0 amide bonds. The molecule has 0 saturated heterocycles. The molecule has 0 aliphatic heterocycles. The van der Waals surface area contributed by atoms with Gasteiger partial charge in [0.2, 0.25) is 0 Å². The van der Waals surface area contributed by atoms with Crippen LogP contribution in [0.5, 0.6) is 0 Å². The van der Waals surface area contributed by atoms with Gasteiger partial charge < -0.3 is 10.5 Å². The Labute approximate surface area is 120 Å². The smallest absolute Gasteiger partial charge is 0.283 e. The lowest BCUT2D eigenvalue weighted by atomic mass is 9.94. The van der Waals surface area contributed by atoms with E-state index >= 15 is 0 Å². The van der Waals surface area contributed by atoms with E-state index in [1.807, 2.05) is 6.07 Å². The Morgan fingerprint density at radius 1 is 1.37 bits per heavy atom. The van der Waals surface area contributed by atoms with E-state index in [4.69, 9.17) is 10.5 Å². The molecule has 1 aromatic rings. The van der Waals surface area contributed by atoms with Crippen LogP contribution in [0.25, 0.3) is 0 Å². The monoisotopic (exact) mass is 328 g/mol. The summed E-state index contributed by atoms with van der Waals surface area (Å²) >= 11 is 3.27. The zero-order valence-corrected chi connectivity index (χ0v) is 12.1. The van der Waals surface area contributed by atoms with Crippen molar-refractivity contribution in [3.63, 3.8) is 0 Å². The molecule has 0 radical (unpaired) electrons. The number of nitrogens with two attached hydrogens (primary N) is 1. The molecule has 6 heteroatoms. The fourth-order valence-corrected chi connectivity index (χ4v) is 2.81. The summed E-state index contributed by atoms with van der Waals surface area (Å²) in [5.41, 5.74) is 6.73. The van der Waals surface area contributed by atoms with Crippen LogP contribution in [0.3, 0.4) is 0 Å². The third-order valence-electron chi connectivity index (χ3n) is 3.45. The highest BCUT2D eigenvalue weighted by atomic mass is 79.9. The topological polar surface area (TPSA) is 78.4 Å². The summed E-state index contributed by atoms with van der Waals surface area (Å²) in [6, 6.07) is 5.29. The molecule has 0 unspecified atom stereocenters. The molecule has 5 nitrogen and oxygen atoms in total. The van der Waals surface area contributed by atoms with E-state index in [0.29, 0.717) is 17.1 Å². The van der Waals surface area contributed by atoms with Gasteiger partial charge in [-0.1, -0.05) is 12.1 Å². The molecule has 1 fully saturated rings. The highest BCUT2D eigenvalue weighted by Gasteiger charge is 2.20. The van der Waals surface area contributed by atoms with Crippen LogP contribution < -0.4 is 5.73 Å². The first-order chi connectivity index (χ1) is 9.08. The minimum atomic E-state index is -0.396. The summed E-state index contributed by atoms with van der Waals surface area (Å²) < 4.78 is 6.33. The molecule has 1 aliphatic carbocycles. The maximum Gasteiger partial charge on any atom is 0.283 e. The van der Waals surface area contributed by atoms with Crippen molar-refractivity contribution in [2.75, 3.05) is 0 Å². The van der Waals surface area contributed by atoms with Gasteiger partial charge in [0.15, 0.2) is 0 Å². The molecule has 19 heavy (non-hydrogen) atoms. The fraction of sp³-hybridized carbons (Fsp3) is 0.538. The third-order valence-corrected chi connectivity index (χ3v) is 4.36. The minimum absolute atomic E-state index is 0.0757. The van der Waals surface area contributed by atoms with E-state index in [2.05, 4.69) is 15.9 Å². The van der Waals surface area contributed by atoms with Gasteiger partial charge in [0.1, 0.15) is 4.47 Å². The number of rotatable bonds is 4. The molecule has 0 heterocycles. The average Bonchev–Trinajstić information content (AvgIpc) is 2.39. The molecular weight excluding hydrogens is 312 g/mol. The first kappa shape index (κ1) is 14.4. The van der Waals surface area contributed by atoms with Crippen molar-refractivity contribution < 1.29 is 9.66 Å². The normalized spacial score (nSPS) is 23.3. The molecule has 1 aliphatic rings. The number of hydrogen-bond acceptors (Lipinski definition) is 4. The highest BCUT2D eigenvalue weighted by molar-refractivity contribution is 9.10. The van der Waals surface area contributed by atoms with Crippen LogP contribution in [0.4, 0.5) is 5.69 Å². The number of nitro benzene ring substituents is 1. The highest BCUT2D eigenvalue weighted by Crippen LogP contribution is 2.29. The van der Waals surface area contributed by atoms with Gasteiger partial charge in [0, 0.05) is 12.1 Å². The maximum absolute atomic E-state index is 10.8. The number of halogens is 1. The summed E-state index contributed by atoms with van der Waals surface area (Å²) in [6.07, 6.45) is 4.12. The quantitative estimate of drug-likeness (QED) is 0.680. The van der Waals surface area contributed by atoms with Gasteiger partial charge in [-0.2, -0.15) is 0 Å². The van der Waals surface area contributed by atoms with Crippen LogP contribution >= 0.6 is 15.9 Å². The standard InChI is InChI=1S/C13H17BrN2O3/c14-13-9(2-1-3-12(13)16(17)18)8-19-11-6-4-10(15)5-7-11/h1-3,10-11H,4-8,15H2. The van der Waals surface area contributed by atoms with Gasteiger partial charge in [-0.3, -0.25) is 10.1 Å². The van der Waals surface area contributed by atoms with Gasteiger partial charge in [-0.05, 0) is 47.2 Å². The van der Waals surface area contributed by atoms with Crippen LogP contribution in [-0.4, -0.2) is 17.1 Å². The summed E-state index contributed by atoms with van der Waals surface area (Å²) in [5.74, 6) is 0. The van der Waals surface area contributed by atoms with E-state index in [1.165, 1.54) is 6.07 Å². The van der Waals surface area contributed by atoms with E-state index in [1.54, 1.807) is 6.07 Å². The van der Waals surface area contributed by atoms with Crippen LogP contribution in [0.1, 0.15) is 31.2 Å². The zero-order chi connectivity index (χ0) is 13.8. The Balaban J connectivity index is 1.96. The number of nitro groups is 1. The maximum atomic E-state index is 10.8. The first-order valence-corrected chi connectivity index (χ1v) is 7.16. The van der Waals surface area contributed by atoms with E-state index in [9.17, 15) is 10.1 Å². The lowest BCUT2D eigenvalue weighted by molar-refractivity contribution is -0.385. The van der Waals surface area contributed by atoms with Gasteiger partial charge in [-0.15, -0.1) is 0 Å². The summed E-state index contributed by atoms with van der Waals surface area (Å²) in [4.78, 5) is 10.4. The Hall–Kier alpha value is -0.980. The predicted octanol–water partition coefficient (Wildman–Crippen LogP) is 3.14. The van der Waals surface area contributed by atoms with Crippen molar-refractivity contribution in [1.82, 2.24) is 0 Å². The Kier molecular flexibility index (Phi) is 4.90. The molecular formula is C13H17BrN2O3. The summed E-state index contributed by atoms with van der Waals surface area (Å²) in [6.45, 7) is 0.391. The van der Waals surface area contributed by atoms with E-state index in [0.717, 1.165) is 31.2 Å². The molecule has 104 valence electrons. The van der Waals surface area contributed by atoms with Crippen molar-refractivity contribution >= 4 is 21.6 Å². The first-order valence-electron chi connectivity index (χ1n) is 6.37. The molecule has 0 spiro atoms. The lowest BCUT2D eigenvalue weighted by Gasteiger charge is -2.26. The third kappa shape index (κ3) is 3.75. The number of hydrogen-bond donors (Lipinski definition) is 1. The van der Waals surface area contributed by atoms with Gasteiger partial charge in [0.05, 0.1) is 17.6 Å². The Bertz CT molecular complexity index is 459. The molecule has 0 bridgehead atoms. The fourth-order valence-electron chi connectivity index (χ4n) is 2.28. The van der Waals surface area contributed by atoms with Crippen molar-refractivity contribution in [1.29, 1.82) is 0 Å². The molecule has 0 atom stereocenters. The van der Waals surface area contributed by atoms with Gasteiger partial charge in [-0.25, -0.2) is 0 Å². The lowest BCUT2D eigenvalue weighted by Crippen LogP contribution is -2.30. The van der Waals surface area contributed by atoms with Crippen molar-refractivity contribution in [2.24, 2.45) is 5.73 Å². The van der Waals surface area contributed by atoms with Crippen LogP contribution in [0, 0.1) is 10.1 Å². The van der Waals surface area contributed by atoms with Crippen LogP contribution in [-0.2, 0) is 11.3 Å². The minimum Gasteiger partial charge on any atom is -0.373 e. The van der Waals surface area contributed by atoms with Crippen molar-refractivity contribution in [2.45, 2.75) is 44.4 Å². The predicted molar refractivity (Wildman–Crippen MR) is 75.8 cm³/mol. The molecule has 2 N–H and O–H groups in total. The number of benzene rings is 1. The van der Waals surface area contributed by atoms with Crippen molar-refractivity contribution in [3.8, 4) is 0 Å². The number of nitrogens with zero attached hydrogens (tertiary/aromatic N) is 1. The van der Waals surface area contributed by atoms with Gasteiger partial charge >= 0.3 is 0 Å². The summed E-state index contributed by atoms with van der Waals surface area (Å²) in [7, 11) is 0. The second-order valence-corrected chi connectivity index (χ2v) is 5.65. The zero-order valence-electron chi connectivity index (χ0n) is 10.5. The Morgan fingerprint density at radius 2 is 2.05 bits per heavy atom. The molecule has 1 saturated carbocycles. The average molecular weight is 329 g/mol. The van der Waals surface area contributed by atoms with E-state index in [-0.39, 0.29) is 11.8 Å². The Morgan fingerprint density at radius 3 is 2.68 bits per heavy atom.